The lowest BCUT2D eigenvalue weighted by Crippen LogP contribution is -2.46. The zero-order valence-electron chi connectivity index (χ0n) is 8.28. The van der Waals surface area contributed by atoms with Gasteiger partial charge in [0.2, 0.25) is 0 Å². The van der Waals surface area contributed by atoms with E-state index in [9.17, 15) is 9.59 Å². The topological polar surface area (TPSA) is 66.4 Å². The fourth-order valence-corrected chi connectivity index (χ4v) is 1.77. The van der Waals surface area contributed by atoms with Crippen LogP contribution >= 0.6 is 0 Å². The van der Waals surface area contributed by atoms with E-state index in [1.54, 1.807) is 6.07 Å². The minimum atomic E-state index is -0.990. The predicted octanol–water partition coefficient (Wildman–Crippen LogP) is 0.734. The van der Waals surface area contributed by atoms with Crippen LogP contribution in [-0.4, -0.2) is 23.0 Å². The summed E-state index contributed by atoms with van der Waals surface area (Å²) in [5.74, 6) is -1.29. The number of aliphatic carboxylic acids is 1. The number of fused-ring (bicyclic) bond motifs is 1. The summed E-state index contributed by atoms with van der Waals surface area (Å²) in [6.45, 7) is 1.92. The molecule has 1 unspecified atom stereocenters. The number of hydrogen-bond donors (Lipinski definition) is 2. The molecule has 0 aromatic heterocycles. The van der Waals surface area contributed by atoms with Crippen molar-refractivity contribution < 1.29 is 14.7 Å². The lowest BCUT2D eigenvalue weighted by molar-refractivity contribution is -0.139. The van der Waals surface area contributed by atoms with Crippen molar-refractivity contribution in [2.75, 3.05) is 0 Å². The van der Waals surface area contributed by atoms with E-state index in [2.05, 4.69) is 5.32 Å². The van der Waals surface area contributed by atoms with Crippen molar-refractivity contribution in [1.29, 1.82) is 0 Å². The Kier molecular flexibility index (Phi) is 2.19. The van der Waals surface area contributed by atoms with Gasteiger partial charge in [-0.05, 0) is 18.6 Å². The number of carbonyl (C=O) groups is 2. The van der Waals surface area contributed by atoms with Gasteiger partial charge in [0.05, 0.1) is 0 Å². The van der Waals surface area contributed by atoms with Gasteiger partial charge in [-0.2, -0.15) is 0 Å². The van der Waals surface area contributed by atoms with Crippen molar-refractivity contribution in [1.82, 2.24) is 5.32 Å². The van der Waals surface area contributed by atoms with Crippen LogP contribution in [0.2, 0.25) is 0 Å². The molecule has 0 spiro atoms. The first-order valence-electron chi connectivity index (χ1n) is 4.71. The van der Waals surface area contributed by atoms with Crippen molar-refractivity contribution >= 4 is 11.9 Å². The molecular formula is C11H11NO3. The lowest BCUT2D eigenvalue weighted by atomic mass is 9.94. The summed E-state index contributed by atoms with van der Waals surface area (Å²) in [7, 11) is 0. The maximum atomic E-state index is 11.5. The third-order valence-electron chi connectivity index (χ3n) is 2.53. The third kappa shape index (κ3) is 1.70. The molecule has 0 saturated heterocycles. The molecule has 1 atom stereocenters. The first-order chi connectivity index (χ1) is 7.08. The van der Waals surface area contributed by atoms with Gasteiger partial charge in [-0.3, -0.25) is 4.79 Å². The van der Waals surface area contributed by atoms with Gasteiger partial charge in [0.25, 0.3) is 5.91 Å². The van der Waals surface area contributed by atoms with Crippen LogP contribution in [0.1, 0.15) is 21.5 Å². The molecule has 1 aliphatic heterocycles. The molecule has 78 valence electrons. The number of benzene rings is 1. The van der Waals surface area contributed by atoms with E-state index in [1.807, 2.05) is 19.1 Å². The van der Waals surface area contributed by atoms with Gasteiger partial charge >= 0.3 is 5.97 Å². The molecular weight excluding hydrogens is 194 g/mol. The SMILES string of the molecule is Cc1ccc2c(c1)CC(C(=O)O)NC2=O. The Morgan fingerprint density at radius 1 is 1.53 bits per heavy atom. The van der Waals surface area contributed by atoms with E-state index in [0.717, 1.165) is 11.1 Å². The number of carboxylic acid groups (broad SMARTS) is 1. The Labute approximate surface area is 86.9 Å². The van der Waals surface area contributed by atoms with Crippen molar-refractivity contribution in [3.05, 3.63) is 34.9 Å². The summed E-state index contributed by atoms with van der Waals surface area (Å²) in [6.07, 6.45) is 0.359. The number of hydrogen-bond acceptors (Lipinski definition) is 2. The summed E-state index contributed by atoms with van der Waals surface area (Å²) in [4.78, 5) is 22.3. The molecule has 1 aliphatic rings. The van der Waals surface area contributed by atoms with E-state index < -0.39 is 12.0 Å². The van der Waals surface area contributed by atoms with Gasteiger partial charge in [-0.25, -0.2) is 4.79 Å². The Hall–Kier alpha value is -1.84. The number of rotatable bonds is 1. The van der Waals surface area contributed by atoms with Crippen LogP contribution in [0.3, 0.4) is 0 Å². The fourth-order valence-electron chi connectivity index (χ4n) is 1.77. The number of carbonyl (C=O) groups excluding carboxylic acids is 1. The molecule has 0 radical (unpaired) electrons. The summed E-state index contributed by atoms with van der Waals surface area (Å²) < 4.78 is 0. The van der Waals surface area contributed by atoms with E-state index in [4.69, 9.17) is 5.11 Å². The van der Waals surface area contributed by atoms with E-state index in [1.165, 1.54) is 0 Å². The summed E-state index contributed by atoms with van der Waals surface area (Å²) in [6, 6.07) is 4.65. The minimum absolute atomic E-state index is 0.302. The van der Waals surface area contributed by atoms with Gasteiger partial charge in [0.1, 0.15) is 6.04 Å². The molecule has 2 rings (SSSR count). The Balaban J connectivity index is 2.41. The molecule has 0 saturated carbocycles. The highest BCUT2D eigenvalue weighted by molar-refractivity contribution is 5.99. The molecule has 1 aromatic rings. The largest absolute Gasteiger partial charge is 0.480 e. The molecule has 4 heteroatoms. The first-order valence-corrected chi connectivity index (χ1v) is 4.71. The number of carboxylic acids is 1. The van der Waals surface area contributed by atoms with Gasteiger partial charge in [-0.15, -0.1) is 0 Å². The minimum Gasteiger partial charge on any atom is -0.480 e. The Bertz CT molecular complexity index is 439. The van der Waals surface area contributed by atoms with Crippen LogP contribution in [0.25, 0.3) is 0 Å². The van der Waals surface area contributed by atoms with Crippen LogP contribution in [-0.2, 0) is 11.2 Å². The molecule has 1 aromatic carbocycles. The summed E-state index contributed by atoms with van der Waals surface area (Å²) >= 11 is 0. The second-order valence-corrected chi connectivity index (χ2v) is 3.73. The maximum Gasteiger partial charge on any atom is 0.326 e. The molecule has 0 fully saturated rings. The number of aryl methyl sites for hydroxylation is 1. The quantitative estimate of drug-likeness (QED) is 0.710. The number of nitrogens with one attached hydrogen (secondary N) is 1. The lowest BCUT2D eigenvalue weighted by Gasteiger charge is -2.22. The molecule has 1 amide bonds. The predicted molar refractivity (Wildman–Crippen MR) is 53.8 cm³/mol. The van der Waals surface area contributed by atoms with Crippen LogP contribution in [0, 0.1) is 6.92 Å². The van der Waals surface area contributed by atoms with E-state index in [-0.39, 0.29) is 5.91 Å². The van der Waals surface area contributed by atoms with E-state index >= 15 is 0 Å². The molecule has 0 bridgehead atoms. The molecule has 0 aliphatic carbocycles. The van der Waals surface area contributed by atoms with Gasteiger partial charge in [0, 0.05) is 12.0 Å². The van der Waals surface area contributed by atoms with Gasteiger partial charge in [0.15, 0.2) is 0 Å². The standard InChI is InChI=1S/C11H11NO3/c1-6-2-3-8-7(4-6)5-9(11(14)15)12-10(8)13/h2-4,9H,5H2,1H3,(H,12,13)(H,14,15). The molecule has 1 heterocycles. The molecule has 2 N–H and O–H groups in total. The van der Waals surface area contributed by atoms with Crippen LogP contribution in [0.5, 0.6) is 0 Å². The Morgan fingerprint density at radius 3 is 2.93 bits per heavy atom. The first kappa shape index (κ1) is 9.71. The number of amides is 1. The van der Waals surface area contributed by atoms with E-state index in [0.29, 0.717) is 12.0 Å². The maximum absolute atomic E-state index is 11.5. The highest BCUT2D eigenvalue weighted by Gasteiger charge is 2.28. The Morgan fingerprint density at radius 2 is 2.27 bits per heavy atom. The van der Waals surface area contributed by atoms with Crippen molar-refractivity contribution in [2.45, 2.75) is 19.4 Å². The van der Waals surface area contributed by atoms with Gasteiger partial charge in [-0.1, -0.05) is 17.7 Å². The molecule has 4 nitrogen and oxygen atoms in total. The summed E-state index contributed by atoms with van der Waals surface area (Å²) in [5, 5.41) is 11.3. The zero-order chi connectivity index (χ0) is 11.0. The fraction of sp³-hybridized carbons (Fsp3) is 0.273. The highest BCUT2D eigenvalue weighted by Crippen LogP contribution is 2.18. The normalized spacial score (nSPS) is 19.3. The van der Waals surface area contributed by atoms with Crippen LogP contribution in [0.4, 0.5) is 0 Å². The smallest absolute Gasteiger partial charge is 0.326 e. The van der Waals surface area contributed by atoms with Crippen LogP contribution < -0.4 is 5.32 Å². The molecule has 15 heavy (non-hydrogen) atoms. The summed E-state index contributed by atoms with van der Waals surface area (Å²) in [5.41, 5.74) is 2.43. The van der Waals surface area contributed by atoms with Crippen molar-refractivity contribution in [3.63, 3.8) is 0 Å². The van der Waals surface area contributed by atoms with Gasteiger partial charge < -0.3 is 10.4 Å². The second kappa shape index (κ2) is 3.38. The average molecular weight is 205 g/mol. The average Bonchev–Trinajstić information content (AvgIpc) is 2.16. The van der Waals surface area contributed by atoms with Crippen molar-refractivity contribution in [3.8, 4) is 0 Å². The monoisotopic (exact) mass is 205 g/mol. The van der Waals surface area contributed by atoms with Crippen molar-refractivity contribution in [2.24, 2.45) is 0 Å². The highest BCUT2D eigenvalue weighted by atomic mass is 16.4. The third-order valence-corrected chi connectivity index (χ3v) is 2.53. The zero-order valence-corrected chi connectivity index (χ0v) is 8.28. The second-order valence-electron chi connectivity index (χ2n) is 3.73. The van der Waals surface area contributed by atoms with Crippen LogP contribution in [0.15, 0.2) is 18.2 Å².